The molecule has 4 rings (SSSR count). The van der Waals surface area contributed by atoms with E-state index in [2.05, 4.69) is 15.1 Å². The third-order valence-corrected chi connectivity index (χ3v) is 4.33. The van der Waals surface area contributed by atoms with Crippen molar-refractivity contribution in [3.63, 3.8) is 0 Å². The number of imidazole rings is 1. The lowest BCUT2D eigenvalue weighted by atomic mass is 10.2. The van der Waals surface area contributed by atoms with Crippen LogP contribution in [0.1, 0.15) is 5.56 Å². The molecule has 0 amide bonds. The number of hydrogen-bond acceptors (Lipinski definition) is 4. The molecule has 4 aromatic rings. The Morgan fingerprint density at radius 2 is 1.85 bits per heavy atom. The summed E-state index contributed by atoms with van der Waals surface area (Å²) in [5, 5.41) is 3.34. The Labute approximate surface area is 158 Å². The molecule has 0 bridgehead atoms. The molecule has 0 aliphatic carbocycles. The second-order valence-electron chi connectivity index (χ2n) is 5.46. The molecule has 11 heteroatoms. The number of hydrogen-bond donors (Lipinski definition) is 0. The highest BCUT2D eigenvalue weighted by atomic mass is 35.5. The molecule has 0 saturated carbocycles. The van der Waals surface area contributed by atoms with Crippen molar-refractivity contribution in [1.29, 1.82) is 0 Å². The first-order chi connectivity index (χ1) is 12.7. The van der Waals surface area contributed by atoms with Crippen molar-refractivity contribution in [3.05, 3.63) is 58.1 Å². The molecule has 0 saturated heterocycles. The molecule has 5 nitrogen and oxygen atoms in total. The van der Waals surface area contributed by atoms with E-state index in [0.29, 0.717) is 0 Å². The van der Waals surface area contributed by atoms with Crippen molar-refractivity contribution in [1.82, 2.24) is 19.5 Å². The number of fused-ring (bicyclic) bond motifs is 1. The summed E-state index contributed by atoms with van der Waals surface area (Å²) in [4.78, 5) is 8.19. The van der Waals surface area contributed by atoms with E-state index in [1.165, 1.54) is 24.4 Å². The summed E-state index contributed by atoms with van der Waals surface area (Å²) >= 11 is 11.8. The van der Waals surface area contributed by atoms with E-state index >= 15 is 0 Å². The lowest BCUT2D eigenvalue weighted by Gasteiger charge is -2.07. The largest absolute Gasteiger partial charge is 0.417 e. The van der Waals surface area contributed by atoms with Gasteiger partial charge in [-0.2, -0.15) is 18.2 Å². The number of alkyl halides is 3. The van der Waals surface area contributed by atoms with Gasteiger partial charge in [0.25, 0.3) is 5.89 Å². The molecular weight excluding hydrogens is 411 g/mol. The van der Waals surface area contributed by atoms with E-state index in [-0.39, 0.29) is 38.7 Å². The summed E-state index contributed by atoms with van der Waals surface area (Å²) in [5.74, 6) is -0.730. The van der Waals surface area contributed by atoms with Gasteiger partial charge in [-0.25, -0.2) is 9.37 Å². The van der Waals surface area contributed by atoms with Gasteiger partial charge >= 0.3 is 6.18 Å². The molecule has 0 fully saturated rings. The number of rotatable bonds is 2. The summed E-state index contributed by atoms with van der Waals surface area (Å²) in [6, 6.07) is 4.88. The summed E-state index contributed by atoms with van der Waals surface area (Å²) in [7, 11) is 0. The van der Waals surface area contributed by atoms with Gasteiger partial charge < -0.3 is 8.92 Å². The lowest BCUT2D eigenvalue weighted by molar-refractivity contribution is -0.137. The molecule has 138 valence electrons. The Bertz CT molecular complexity index is 1170. The van der Waals surface area contributed by atoms with E-state index in [4.69, 9.17) is 27.7 Å². The fourth-order valence-corrected chi connectivity index (χ4v) is 2.90. The second-order valence-corrected chi connectivity index (χ2v) is 6.24. The zero-order valence-electron chi connectivity index (χ0n) is 12.9. The zero-order chi connectivity index (χ0) is 19.3. The number of nitrogens with zero attached hydrogens (tertiary/aromatic N) is 4. The van der Waals surface area contributed by atoms with Crippen LogP contribution in [-0.2, 0) is 6.18 Å². The third-order valence-electron chi connectivity index (χ3n) is 3.67. The van der Waals surface area contributed by atoms with Crippen LogP contribution in [0.25, 0.3) is 28.6 Å². The fraction of sp³-hybridized carbons (Fsp3) is 0.0625. The van der Waals surface area contributed by atoms with Crippen LogP contribution in [0, 0.1) is 5.82 Å². The molecule has 0 unspecified atom stereocenters. The van der Waals surface area contributed by atoms with Crippen LogP contribution in [0.3, 0.4) is 0 Å². The third kappa shape index (κ3) is 3.13. The average Bonchev–Trinajstić information content (AvgIpc) is 3.23. The monoisotopic (exact) mass is 416 g/mol. The Kier molecular flexibility index (Phi) is 4.08. The summed E-state index contributed by atoms with van der Waals surface area (Å²) < 4.78 is 58.5. The van der Waals surface area contributed by atoms with E-state index in [9.17, 15) is 17.6 Å². The van der Waals surface area contributed by atoms with Crippen LogP contribution in [0.15, 0.2) is 41.2 Å². The summed E-state index contributed by atoms with van der Waals surface area (Å²) in [5.41, 5.74) is -0.541. The minimum Gasteiger partial charge on any atom is -0.332 e. The maximum atomic E-state index is 13.6. The Hall–Kier alpha value is -2.65. The molecule has 27 heavy (non-hydrogen) atoms. The van der Waals surface area contributed by atoms with Crippen LogP contribution in [-0.4, -0.2) is 19.5 Å². The highest BCUT2D eigenvalue weighted by molar-refractivity contribution is 6.33. The van der Waals surface area contributed by atoms with Crippen molar-refractivity contribution < 1.29 is 22.1 Å². The lowest BCUT2D eigenvalue weighted by Crippen LogP contribution is -2.06. The van der Waals surface area contributed by atoms with Gasteiger partial charge in [-0.3, -0.25) is 0 Å². The molecule has 3 heterocycles. The second kappa shape index (κ2) is 6.21. The number of pyridine rings is 1. The number of benzene rings is 1. The predicted molar refractivity (Wildman–Crippen MR) is 88.9 cm³/mol. The van der Waals surface area contributed by atoms with E-state index in [1.54, 1.807) is 0 Å². The van der Waals surface area contributed by atoms with E-state index < -0.39 is 17.6 Å². The van der Waals surface area contributed by atoms with E-state index in [1.807, 2.05) is 0 Å². The SMILES string of the molecule is Fc1cccc(-c2noc(-c3cn4cc(C(F)(F)F)cc(Cl)c4n3)n2)c1Cl. The van der Waals surface area contributed by atoms with Gasteiger partial charge in [0, 0.05) is 18.0 Å². The highest BCUT2D eigenvalue weighted by Gasteiger charge is 2.32. The van der Waals surface area contributed by atoms with Crippen molar-refractivity contribution >= 4 is 28.8 Å². The highest BCUT2D eigenvalue weighted by Crippen LogP contribution is 2.34. The van der Waals surface area contributed by atoms with Gasteiger partial charge in [0.2, 0.25) is 5.82 Å². The van der Waals surface area contributed by atoms with Gasteiger partial charge in [0.15, 0.2) is 5.65 Å². The minimum atomic E-state index is -4.56. The predicted octanol–water partition coefficient (Wildman–Crippen LogP) is 5.52. The first-order valence-corrected chi connectivity index (χ1v) is 8.03. The molecule has 0 spiro atoms. The fourth-order valence-electron chi connectivity index (χ4n) is 2.43. The van der Waals surface area contributed by atoms with Crippen molar-refractivity contribution in [2.24, 2.45) is 0 Å². The van der Waals surface area contributed by atoms with Gasteiger partial charge in [0.1, 0.15) is 11.5 Å². The Morgan fingerprint density at radius 1 is 1.07 bits per heavy atom. The minimum absolute atomic E-state index is 0.00799. The van der Waals surface area contributed by atoms with Crippen molar-refractivity contribution in [2.45, 2.75) is 6.18 Å². The molecule has 1 aromatic carbocycles. The van der Waals surface area contributed by atoms with Gasteiger partial charge in [-0.05, 0) is 18.2 Å². The molecule has 0 N–H and O–H groups in total. The molecule has 0 aliphatic heterocycles. The van der Waals surface area contributed by atoms with Crippen LogP contribution < -0.4 is 0 Å². The van der Waals surface area contributed by atoms with E-state index in [0.717, 1.165) is 16.7 Å². The molecule has 0 radical (unpaired) electrons. The Morgan fingerprint density at radius 3 is 2.59 bits per heavy atom. The molecule has 0 atom stereocenters. The normalized spacial score (nSPS) is 12.1. The first kappa shape index (κ1) is 17.7. The van der Waals surface area contributed by atoms with Crippen molar-refractivity contribution in [2.75, 3.05) is 0 Å². The smallest absolute Gasteiger partial charge is 0.332 e. The number of aromatic nitrogens is 4. The van der Waals surface area contributed by atoms with Crippen LogP contribution >= 0.6 is 23.2 Å². The summed E-state index contributed by atoms with van der Waals surface area (Å²) in [6.07, 6.45) is -2.45. The molecule has 3 aromatic heterocycles. The van der Waals surface area contributed by atoms with Crippen LogP contribution in [0.4, 0.5) is 17.6 Å². The van der Waals surface area contributed by atoms with Gasteiger partial charge in [-0.15, -0.1) is 0 Å². The standard InChI is InChI=1S/C16H6Cl2F4N4O/c17-9-4-7(16(20,21)22)5-26-6-11(23-14(9)26)15-24-13(25-27-15)8-2-1-3-10(19)12(8)18/h1-6H. The quantitative estimate of drug-likeness (QED) is 0.404. The van der Waals surface area contributed by atoms with Gasteiger partial charge in [-0.1, -0.05) is 34.4 Å². The summed E-state index contributed by atoms with van der Waals surface area (Å²) in [6.45, 7) is 0. The average molecular weight is 417 g/mol. The topological polar surface area (TPSA) is 56.2 Å². The zero-order valence-corrected chi connectivity index (χ0v) is 14.4. The van der Waals surface area contributed by atoms with Crippen molar-refractivity contribution in [3.8, 4) is 23.0 Å². The number of halogens is 6. The maximum Gasteiger partial charge on any atom is 0.417 e. The first-order valence-electron chi connectivity index (χ1n) is 7.28. The van der Waals surface area contributed by atoms with Crippen LogP contribution in [0.5, 0.6) is 0 Å². The maximum absolute atomic E-state index is 13.6. The molecule has 0 aliphatic rings. The van der Waals surface area contributed by atoms with Gasteiger partial charge in [0.05, 0.1) is 15.6 Å². The Balaban J connectivity index is 1.79. The van der Waals surface area contributed by atoms with Crippen LogP contribution in [0.2, 0.25) is 10.0 Å². The molecular formula is C16H6Cl2F4N4O.